The van der Waals surface area contributed by atoms with Crippen molar-refractivity contribution in [2.24, 2.45) is 10.9 Å². The molecule has 1 aliphatic heterocycles. The highest BCUT2D eigenvalue weighted by Gasteiger charge is 2.40. The van der Waals surface area contributed by atoms with Gasteiger partial charge in [0.25, 0.3) is 0 Å². The Morgan fingerprint density at radius 2 is 1.88 bits per heavy atom. The third-order valence-corrected chi connectivity index (χ3v) is 7.02. The number of nitrogens with one attached hydrogen (secondary N) is 1. The Morgan fingerprint density at radius 1 is 1.16 bits per heavy atom. The second kappa shape index (κ2) is 10.9. The van der Waals surface area contributed by atoms with E-state index in [1.807, 2.05) is 19.2 Å². The van der Waals surface area contributed by atoms with Gasteiger partial charge in [-0.05, 0) is 80.9 Å². The number of benzene rings is 2. The molecule has 32 heavy (non-hydrogen) atoms. The number of nitrogens with zero attached hydrogens (tertiary/aromatic N) is 2. The molecule has 2 fully saturated rings. The van der Waals surface area contributed by atoms with Crippen molar-refractivity contribution in [3.63, 3.8) is 0 Å². The Labute approximate surface area is 191 Å². The molecule has 3 atom stereocenters. The summed E-state index contributed by atoms with van der Waals surface area (Å²) in [4.78, 5) is 17.9. The van der Waals surface area contributed by atoms with E-state index >= 15 is 0 Å². The number of carboxylic acid groups (broad SMARTS) is 1. The molecule has 2 aromatic carbocycles. The van der Waals surface area contributed by atoms with E-state index in [2.05, 4.69) is 51.8 Å². The monoisotopic (exact) mass is 433 g/mol. The van der Waals surface area contributed by atoms with Crippen LogP contribution in [0.4, 0.5) is 0 Å². The van der Waals surface area contributed by atoms with Crippen LogP contribution in [0.1, 0.15) is 53.1 Å². The SMILES string of the molecule is CN=CC(NC1CC1c1ccccc1)C1CCN(CCCc2ccc(C(=O)O)cc2)CC1. The summed E-state index contributed by atoms with van der Waals surface area (Å²) < 4.78 is 0. The third kappa shape index (κ3) is 6.05. The highest BCUT2D eigenvalue weighted by Crippen LogP contribution is 2.41. The molecule has 5 heteroatoms. The summed E-state index contributed by atoms with van der Waals surface area (Å²) in [6, 6.07) is 19.1. The molecule has 1 aliphatic carbocycles. The average molecular weight is 434 g/mol. The van der Waals surface area contributed by atoms with E-state index in [0.29, 0.717) is 29.5 Å². The number of hydrogen-bond acceptors (Lipinski definition) is 4. The lowest BCUT2D eigenvalue weighted by atomic mass is 9.89. The first-order valence-electron chi connectivity index (χ1n) is 11.9. The molecule has 0 spiro atoms. The van der Waals surface area contributed by atoms with Gasteiger partial charge in [0.1, 0.15) is 0 Å². The van der Waals surface area contributed by atoms with Crippen molar-refractivity contribution in [1.82, 2.24) is 10.2 Å². The number of hydrogen-bond donors (Lipinski definition) is 2. The van der Waals surface area contributed by atoms with Gasteiger partial charge in [-0.15, -0.1) is 0 Å². The summed E-state index contributed by atoms with van der Waals surface area (Å²) >= 11 is 0. The molecule has 0 radical (unpaired) electrons. The normalized spacial score (nSPS) is 22.8. The molecule has 2 aromatic rings. The van der Waals surface area contributed by atoms with Gasteiger partial charge in [-0.3, -0.25) is 4.99 Å². The summed E-state index contributed by atoms with van der Waals surface area (Å²) in [5, 5.41) is 12.9. The third-order valence-electron chi connectivity index (χ3n) is 7.02. The van der Waals surface area contributed by atoms with E-state index in [1.54, 1.807) is 12.1 Å². The van der Waals surface area contributed by atoms with Crippen LogP contribution >= 0.6 is 0 Å². The lowest BCUT2D eigenvalue weighted by molar-refractivity contribution is 0.0697. The van der Waals surface area contributed by atoms with Crippen molar-refractivity contribution < 1.29 is 9.90 Å². The average Bonchev–Trinajstić information content (AvgIpc) is 3.59. The van der Waals surface area contributed by atoms with Crippen LogP contribution in [0.2, 0.25) is 0 Å². The number of piperidine rings is 1. The fourth-order valence-electron chi connectivity index (χ4n) is 5.01. The molecule has 0 aromatic heterocycles. The zero-order valence-corrected chi connectivity index (χ0v) is 19.0. The van der Waals surface area contributed by atoms with Crippen molar-refractivity contribution in [2.45, 2.75) is 50.1 Å². The second-order valence-corrected chi connectivity index (χ2v) is 9.24. The van der Waals surface area contributed by atoms with Crippen LogP contribution in [0.3, 0.4) is 0 Å². The van der Waals surface area contributed by atoms with Gasteiger partial charge < -0.3 is 15.3 Å². The number of aryl methyl sites for hydroxylation is 1. The van der Waals surface area contributed by atoms with Crippen molar-refractivity contribution >= 4 is 12.2 Å². The maximum absolute atomic E-state index is 11.0. The quantitative estimate of drug-likeness (QED) is 0.550. The topological polar surface area (TPSA) is 64.9 Å². The molecule has 1 saturated heterocycles. The summed E-state index contributed by atoms with van der Waals surface area (Å²) in [5.74, 6) is 0.432. The lowest BCUT2D eigenvalue weighted by Crippen LogP contribution is -2.45. The molecule has 2 N–H and O–H groups in total. The zero-order valence-electron chi connectivity index (χ0n) is 19.0. The molecule has 0 amide bonds. The van der Waals surface area contributed by atoms with Crippen LogP contribution in [0.15, 0.2) is 59.6 Å². The van der Waals surface area contributed by atoms with Crippen molar-refractivity contribution in [3.05, 3.63) is 71.3 Å². The van der Waals surface area contributed by atoms with Gasteiger partial charge in [0.05, 0.1) is 5.56 Å². The van der Waals surface area contributed by atoms with E-state index < -0.39 is 5.97 Å². The Hall–Kier alpha value is -2.50. The highest BCUT2D eigenvalue weighted by molar-refractivity contribution is 5.87. The van der Waals surface area contributed by atoms with Gasteiger partial charge in [-0.1, -0.05) is 42.5 Å². The number of aromatic carboxylic acids is 1. The van der Waals surface area contributed by atoms with Crippen molar-refractivity contribution in [2.75, 3.05) is 26.7 Å². The van der Waals surface area contributed by atoms with Crippen LogP contribution < -0.4 is 5.32 Å². The van der Waals surface area contributed by atoms with Gasteiger partial charge in [-0.2, -0.15) is 0 Å². The number of likely N-dealkylation sites (tertiary alicyclic amines) is 1. The van der Waals surface area contributed by atoms with Crippen LogP contribution in [0, 0.1) is 5.92 Å². The number of rotatable bonds is 10. The predicted octanol–water partition coefficient (Wildman–Crippen LogP) is 4.24. The molecule has 1 saturated carbocycles. The highest BCUT2D eigenvalue weighted by atomic mass is 16.4. The van der Waals surface area contributed by atoms with Crippen LogP contribution in [-0.4, -0.2) is 61.0 Å². The Balaban J connectivity index is 1.19. The Morgan fingerprint density at radius 3 is 2.53 bits per heavy atom. The lowest BCUT2D eigenvalue weighted by Gasteiger charge is -2.35. The van der Waals surface area contributed by atoms with Crippen molar-refractivity contribution in [1.29, 1.82) is 0 Å². The fraction of sp³-hybridized carbons (Fsp3) is 0.481. The van der Waals surface area contributed by atoms with Gasteiger partial charge in [0, 0.05) is 31.3 Å². The fourth-order valence-corrected chi connectivity index (χ4v) is 5.01. The van der Waals surface area contributed by atoms with Crippen LogP contribution in [-0.2, 0) is 6.42 Å². The number of carbonyl (C=O) groups is 1. The largest absolute Gasteiger partial charge is 0.478 e. The smallest absolute Gasteiger partial charge is 0.335 e. The molecule has 0 bridgehead atoms. The van der Waals surface area contributed by atoms with Crippen LogP contribution in [0.5, 0.6) is 0 Å². The van der Waals surface area contributed by atoms with E-state index in [0.717, 1.165) is 32.5 Å². The molecule has 3 unspecified atom stereocenters. The summed E-state index contributed by atoms with van der Waals surface area (Å²) in [6.45, 7) is 3.39. The summed E-state index contributed by atoms with van der Waals surface area (Å²) in [5.41, 5.74) is 3.02. The molecule has 1 heterocycles. The van der Waals surface area contributed by atoms with E-state index in [-0.39, 0.29) is 0 Å². The maximum atomic E-state index is 11.0. The number of aliphatic imine (C=N–C) groups is 1. The first-order chi connectivity index (χ1) is 15.6. The van der Waals surface area contributed by atoms with Gasteiger partial charge in [-0.25, -0.2) is 4.79 Å². The van der Waals surface area contributed by atoms with E-state index in [9.17, 15) is 4.79 Å². The van der Waals surface area contributed by atoms with Crippen molar-refractivity contribution in [3.8, 4) is 0 Å². The predicted molar refractivity (Wildman–Crippen MR) is 130 cm³/mol. The summed E-state index contributed by atoms with van der Waals surface area (Å²) in [7, 11) is 1.88. The number of carboxylic acids is 1. The molecular weight excluding hydrogens is 398 g/mol. The van der Waals surface area contributed by atoms with Gasteiger partial charge in [0.2, 0.25) is 0 Å². The van der Waals surface area contributed by atoms with Crippen LogP contribution in [0.25, 0.3) is 0 Å². The Kier molecular flexibility index (Phi) is 7.72. The first-order valence-corrected chi connectivity index (χ1v) is 11.9. The molecule has 4 rings (SSSR count). The minimum absolute atomic E-state index is 0.357. The van der Waals surface area contributed by atoms with E-state index in [4.69, 9.17) is 5.11 Å². The maximum Gasteiger partial charge on any atom is 0.335 e. The minimum atomic E-state index is -0.863. The first kappa shape index (κ1) is 22.7. The standard InChI is InChI=1S/C27H35N3O2/c1-28-19-26(29-25-18-24(25)21-7-3-2-4-8-21)22-13-16-30(17-14-22)15-5-6-20-9-11-23(12-10-20)27(31)32/h2-4,7-12,19,22,24-26,29H,5-6,13-18H2,1H3,(H,31,32). The van der Waals surface area contributed by atoms with Gasteiger partial charge in [0.15, 0.2) is 0 Å². The molecule has 2 aliphatic rings. The minimum Gasteiger partial charge on any atom is -0.478 e. The van der Waals surface area contributed by atoms with E-state index in [1.165, 1.54) is 30.4 Å². The summed E-state index contributed by atoms with van der Waals surface area (Å²) in [6.07, 6.45) is 7.87. The molecular formula is C27H35N3O2. The molecule has 5 nitrogen and oxygen atoms in total. The molecule has 170 valence electrons. The Bertz CT molecular complexity index is 889. The second-order valence-electron chi connectivity index (χ2n) is 9.24. The van der Waals surface area contributed by atoms with Gasteiger partial charge >= 0.3 is 5.97 Å². The zero-order chi connectivity index (χ0) is 22.3.